The van der Waals surface area contributed by atoms with Crippen LogP contribution in [0.25, 0.3) is 0 Å². The Labute approximate surface area is 130 Å². The van der Waals surface area contributed by atoms with E-state index in [0.717, 1.165) is 29.2 Å². The van der Waals surface area contributed by atoms with Crippen LogP contribution < -0.4 is 14.8 Å². The molecule has 0 aliphatic heterocycles. The predicted octanol–water partition coefficient (Wildman–Crippen LogP) is 2.76. The van der Waals surface area contributed by atoms with Crippen molar-refractivity contribution in [2.45, 2.75) is 26.3 Å². The largest absolute Gasteiger partial charge is 0.497 e. The Morgan fingerprint density at radius 2 is 1.95 bits per heavy atom. The molecule has 1 N–H and O–H groups in total. The molecule has 0 saturated carbocycles. The first-order valence-electron chi connectivity index (χ1n) is 7.26. The maximum absolute atomic E-state index is 12.2. The summed E-state index contributed by atoms with van der Waals surface area (Å²) in [6, 6.07) is 5.74. The molecule has 0 aromatic heterocycles. The lowest BCUT2D eigenvalue weighted by Gasteiger charge is -2.20. The van der Waals surface area contributed by atoms with Crippen LogP contribution in [0, 0.1) is 5.92 Å². The van der Waals surface area contributed by atoms with Gasteiger partial charge in [0.2, 0.25) is 0 Å². The fourth-order valence-electron chi connectivity index (χ4n) is 2.07. The van der Waals surface area contributed by atoms with Crippen LogP contribution in [0.2, 0.25) is 0 Å². The van der Waals surface area contributed by atoms with Gasteiger partial charge < -0.3 is 14.8 Å². The van der Waals surface area contributed by atoms with Crippen molar-refractivity contribution in [3.63, 3.8) is 0 Å². The van der Waals surface area contributed by atoms with Crippen molar-refractivity contribution in [1.29, 1.82) is 0 Å². The third kappa shape index (κ3) is 5.67. The molecule has 0 aliphatic rings. The molecule has 0 amide bonds. The highest BCUT2D eigenvalue weighted by Gasteiger charge is 2.18. The Morgan fingerprint density at radius 1 is 1.24 bits per heavy atom. The molecule has 0 radical (unpaired) electrons. The van der Waals surface area contributed by atoms with Gasteiger partial charge in [-0.05, 0) is 25.5 Å². The zero-order valence-electron chi connectivity index (χ0n) is 13.6. The van der Waals surface area contributed by atoms with Gasteiger partial charge in [0.15, 0.2) is 0 Å². The Balaban J connectivity index is 2.82. The summed E-state index contributed by atoms with van der Waals surface area (Å²) >= 11 is 0. The van der Waals surface area contributed by atoms with Crippen molar-refractivity contribution in [2.24, 2.45) is 5.92 Å². The molecule has 0 saturated heterocycles. The minimum absolute atomic E-state index is 0.0128. The van der Waals surface area contributed by atoms with Crippen LogP contribution in [0.3, 0.4) is 0 Å². The second kappa shape index (κ2) is 9.05. The molecule has 0 aliphatic carbocycles. The van der Waals surface area contributed by atoms with E-state index in [-0.39, 0.29) is 6.04 Å². The summed E-state index contributed by atoms with van der Waals surface area (Å²) in [6.07, 6.45) is 0.989. The van der Waals surface area contributed by atoms with E-state index in [2.05, 4.69) is 19.2 Å². The van der Waals surface area contributed by atoms with Gasteiger partial charge in [0.1, 0.15) is 11.5 Å². The van der Waals surface area contributed by atoms with E-state index in [0.29, 0.717) is 11.7 Å². The normalized spacial score (nSPS) is 14.0. The average Bonchev–Trinajstić information content (AvgIpc) is 2.49. The van der Waals surface area contributed by atoms with E-state index in [1.807, 2.05) is 25.2 Å². The van der Waals surface area contributed by atoms with Gasteiger partial charge in [0.25, 0.3) is 0 Å². The molecular weight excluding hydrogens is 286 g/mol. The lowest BCUT2D eigenvalue weighted by atomic mass is 10.1. The molecule has 0 spiro atoms. The van der Waals surface area contributed by atoms with E-state index >= 15 is 0 Å². The fourth-order valence-corrected chi connectivity index (χ4v) is 3.69. The van der Waals surface area contributed by atoms with Gasteiger partial charge >= 0.3 is 0 Å². The molecule has 2 atom stereocenters. The van der Waals surface area contributed by atoms with Gasteiger partial charge in [0, 0.05) is 40.0 Å². The van der Waals surface area contributed by atoms with Gasteiger partial charge in [-0.25, -0.2) is 0 Å². The van der Waals surface area contributed by atoms with E-state index in [1.54, 1.807) is 14.2 Å². The number of hydrogen-bond donors (Lipinski definition) is 1. The van der Waals surface area contributed by atoms with Crippen LogP contribution in [0.1, 0.15) is 31.9 Å². The first-order chi connectivity index (χ1) is 10.0. The lowest BCUT2D eigenvalue weighted by Crippen LogP contribution is -2.24. The van der Waals surface area contributed by atoms with E-state index < -0.39 is 10.8 Å². The van der Waals surface area contributed by atoms with Gasteiger partial charge in [-0.3, -0.25) is 4.21 Å². The number of nitrogens with one attached hydrogen (secondary N) is 1. The standard InChI is InChI=1S/C16H27NO3S/c1-12(2)8-9-21(18)11-15(17-3)14-7-6-13(19-4)10-16(14)20-5/h6-7,10,12,15,17H,8-9,11H2,1-5H3. The third-order valence-electron chi connectivity index (χ3n) is 3.44. The van der Waals surface area contributed by atoms with Crippen LogP contribution in [0.5, 0.6) is 11.5 Å². The molecule has 0 heterocycles. The third-order valence-corrected chi connectivity index (χ3v) is 4.84. The summed E-state index contributed by atoms with van der Waals surface area (Å²) in [5.74, 6) is 3.43. The number of hydrogen-bond acceptors (Lipinski definition) is 4. The Bertz CT molecular complexity index is 463. The van der Waals surface area contributed by atoms with Crippen molar-refractivity contribution < 1.29 is 13.7 Å². The Morgan fingerprint density at radius 3 is 2.48 bits per heavy atom. The van der Waals surface area contributed by atoms with Crippen molar-refractivity contribution in [2.75, 3.05) is 32.8 Å². The molecule has 1 aromatic rings. The molecule has 120 valence electrons. The summed E-state index contributed by atoms with van der Waals surface area (Å²) < 4.78 is 22.9. The summed E-state index contributed by atoms with van der Waals surface area (Å²) in [4.78, 5) is 0. The molecular formula is C16H27NO3S. The fraction of sp³-hybridized carbons (Fsp3) is 0.625. The first-order valence-corrected chi connectivity index (χ1v) is 8.74. The average molecular weight is 313 g/mol. The summed E-state index contributed by atoms with van der Waals surface area (Å²) in [6.45, 7) is 4.30. The molecule has 0 fully saturated rings. The quantitative estimate of drug-likeness (QED) is 0.761. The molecule has 5 heteroatoms. The molecule has 1 aromatic carbocycles. The van der Waals surface area contributed by atoms with E-state index in [4.69, 9.17) is 9.47 Å². The molecule has 0 bridgehead atoms. The zero-order chi connectivity index (χ0) is 15.8. The van der Waals surface area contributed by atoms with Gasteiger partial charge in [-0.15, -0.1) is 0 Å². The van der Waals surface area contributed by atoms with Crippen LogP contribution >= 0.6 is 0 Å². The lowest BCUT2D eigenvalue weighted by molar-refractivity contribution is 0.387. The SMILES string of the molecule is CNC(CS(=O)CCC(C)C)c1ccc(OC)cc1OC. The van der Waals surface area contributed by atoms with Crippen molar-refractivity contribution in [3.8, 4) is 11.5 Å². The zero-order valence-corrected chi connectivity index (χ0v) is 14.5. The highest BCUT2D eigenvalue weighted by molar-refractivity contribution is 7.85. The van der Waals surface area contributed by atoms with E-state index in [1.165, 1.54) is 0 Å². The van der Waals surface area contributed by atoms with Crippen molar-refractivity contribution in [3.05, 3.63) is 23.8 Å². The van der Waals surface area contributed by atoms with Crippen molar-refractivity contribution in [1.82, 2.24) is 5.32 Å². The minimum Gasteiger partial charge on any atom is -0.497 e. The Kier molecular flexibility index (Phi) is 7.75. The molecule has 2 unspecified atom stereocenters. The Hall–Kier alpha value is -1.07. The highest BCUT2D eigenvalue weighted by Crippen LogP contribution is 2.29. The topological polar surface area (TPSA) is 47.6 Å². The van der Waals surface area contributed by atoms with Crippen molar-refractivity contribution >= 4 is 10.8 Å². The monoisotopic (exact) mass is 313 g/mol. The smallest absolute Gasteiger partial charge is 0.127 e. The van der Waals surface area contributed by atoms with Crippen LogP contribution in [0.15, 0.2) is 18.2 Å². The maximum atomic E-state index is 12.2. The predicted molar refractivity (Wildman–Crippen MR) is 88.7 cm³/mol. The number of benzene rings is 1. The van der Waals surface area contributed by atoms with Crippen LogP contribution in [-0.2, 0) is 10.8 Å². The summed E-state index contributed by atoms with van der Waals surface area (Å²) in [7, 11) is 4.31. The second-order valence-corrected chi connectivity index (χ2v) is 7.06. The van der Waals surface area contributed by atoms with Gasteiger partial charge in [0.05, 0.1) is 14.2 Å². The molecule has 1 rings (SSSR count). The first kappa shape index (κ1) is 18.0. The van der Waals surface area contributed by atoms with E-state index in [9.17, 15) is 4.21 Å². The van der Waals surface area contributed by atoms with Gasteiger partial charge in [-0.2, -0.15) is 0 Å². The number of methoxy groups -OCH3 is 2. The van der Waals surface area contributed by atoms with Gasteiger partial charge in [-0.1, -0.05) is 19.9 Å². The number of ether oxygens (including phenoxy) is 2. The molecule has 21 heavy (non-hydrogen) atoms. The number of rotatable bonds is 9. The second-order valence-electron chi connectivity index (χ2n) is 5.44. The summed E-state index contributed by atoms with van der Waals surface area (Å²) in [5, 5.41) is 3.24. The summed E-state index contributed by atoms with van der Waals surface area (Å²) in [5.41, 5.74) is 1.01. The van der Waals surface area contributed by atoms with Crippen LogP contribution in [-0.4, -0.2) is 37.0 Å². The molecule has 4 nitrogen and oxygen atoms in total. The maximum Gasteiger partial charge on any atom is 0.127 e. The highest BCUT2D eigenvalue weighted by atomic mass is 32.2. The minimum atomic E-state index is -0.838. The van der Waals surface area contributed by atoms with Crippen LogP contribution in [0.4, 0.5) is 0 Å².